The summed E-state index contributed by atoms with van der Waals surface area (Å²) in [7, 11) is -3.36. The van der Waals surface area contributed by atoms with Gasteiger partial charge in [-0.2, -0.15) is 0 Å². The van der Waals surface area contributed by atoms with Crippen LogP contribution in [0.15, 0.2) is 4.40 Å². The average Bonchev–Trinajstić information content (AvgIpc) is 3.15. The van der Waals surface area contributed by atoms with Crippen molar-refractivity contribution in [2.24, 2.45) is 33.5 Å². The minimum atomic E-state index is -3.36. The monoisotopic (exact) mass is 339 g/mol. The maximum Gasteiger partial charge on any atom is 0.262 e. The molecular formula is C18H29NO3S. The van der Waals surface area contributed by atoms with E-state index in [1.807, 2.05) is 0 Å². The van der Waals surface area contributed by atoms with E-state index in [0.717, 1.165) is 31.1 Å². The Bertz CT molecular complexity index is 626. The molecule has 6 atom stereocenters. The van der Waals surface area contributed by atoms with Crippen molar-refractivity contribution in [3.05, 3.63) is 0 Å². The van der Waals surface area contributed by atoms with E-state index in [1.165, 1.54) is 12.8 Å². The lowest BCUT2D eigenvalue weighted by Crippen LogP contribution is -2.43. The number of hydrogen-bond acceptors (Lipinski definition) is 3. The van der Waals surface area contributed by atoms with Gasteiger partial charge in [-0.05, 0) is 61.2 Å². The topological polar surface area (TPSA) is 55.7 Å². The van der Waals surface area contributed by atoms with Crippen LogP contribution in [-0.4, -0.2) is 25.7 Å². The van der Waals surface area contributed by atoms with Crippen LogP contribution in [0.5, 0.6) is 0 Å². The summed E-state index contributed by atoms with van der Waals surface area (Å²) in [5, 5.41) is -0.392. The lowest BCUT2D eigenvalue weighted by molar-refractivity contribution is 0.131. The van der Waals surface area contributed by atoms with E-state index in [1.54, 1.807) is 0 Å². The molecule has 4 aliphatic rings. The number of fused-ring (bicyclic) bond motifs is 2. The molecule has 0 aromatic rings. The molecule has 23 heavy (non-hydrogen) atoms. The Morgan fingerprint density at radius 3 is 2.70 bits per heavy atom. The summed E-state index contributed by atoms with van der Waals surface area (Å²) in [6.45, 7) is 7.01. The normalized spacial score (nSPS) is 47.5. The second kappa shape index (κ2) is 5.21. The van der Waals surface area contributed by atoms with Gasteiger partial charge in [0.05, 0.1) is 0 Å². The van der Waals surface area contributed by atoms with Crippen LogP contribution in [0.3, 0.4) is 0 Å². The van der Waals surface area contributed by atoms with Gasteiger partial charge in [-0.1, -0.05) is 27.2 Å². The fourth-order valence-electron chi connectivity index (χ4n) is 5.71. The van der Waals surface area contributed by atoms with Crippen molar-refractivity contribution in [1.82, 2.24) is 0 Å². The summed E-state index contributed by atoms with van der Waals surface area (Å²) in [6, 6.07) is 0. The highest BCUT2D eigenvalue weighted by Gasteiger charge is 2.64. The Kier molecular flexibility index (Phi) is 3.60. The molecule has 4 nitrogen and oxygen atoms in total. The van der Waals surface area contributed by atoms with Gasteiger partial charge in [0.25, 0.3) is 10.0 Å². The van der Waals surface area contributed by atoms with Crippen LogP contribution in [0, 0.1) is 29.1 Å². The third-order valence-electron chi connectivity index (χ3n) is 7.33. The Labute approximate surface area is 140 Å². The van der Waals surface area contributed by atoms with E-state index in [9.17, 15) is 8.42 Å². The summed E-state index contributed by atoms with van der Waals surface area (Å²) in [4.78, 5) is 0. The highest BCUT2D eigenvalue weighted by Crippen LogP contribution is 2.71. The molecule has 130 valence electrons. The zero-order chi connectivity index (χ0) is 16.4. The van der Waals surface area contributed by atoms with Crippen molar-refractivity contribution in [1.29, 1.82) is 0 Å². The molecule has 0 aromatic heterocycles. The van der Waals surface area contributed by atoms with Crippen LogP contribution in [-0.2, 0) is 14.8 Å². The van der Waals surface area contributed by atoms with Crippen molar-refractivity contribution < 1.29 is 13.2 Å². The molecule has 1 heterocycles. The molecule has 0 radical (unpaired) electrons. The number of nitrogens with zero attached hydrogens (tertiary/aromatic N) is 1. The Hall–Kier alpha value is -0.580. The second-order valence-electron chi connectivity index (χ2n) is 8.71. The summed E-state index contributed by atoms with van der Waals surface area (Å²) in [6.07, 6.45) is 6.77. The standard InChI is InChI=1S/C18H29NO3S/c1-11(2)18-9-13(12(3)14(18)10-18)8-17-19-23(20,21)16-7-5-4-6-15(16)22-17/h11-16H,4-10H2,1-3H3/t12-,13?,14+,15?,16?,18+/m0/s1. The van der Waals surface area contributed by atoms with E-state index >= 15 is 0 Å². The van der Waals surface area contributed by atoms with Crippen molar-refractivity contribution in [2.75, 3.05) is 0 Å². The van der Waals surface area contributed by atoms with Gasteiger partial charge in [-0.15, -0.1) is 4.40 Å². The lowest BCUT2D eigenvalue weighted by Gasteiger charge is -2.35. The smallest absolute Gasteiger partial charge is 0.262 e. The van der Waals surface area contributed by atoms with Crippen LogP contribution in [0.25, 0.3) is 0 Å². The third-order valence-corrected chi connectivity index (χ3v) is 9.09. The first-order valence-electron chi connectivity index (χ1n) is 9.33. The lowest BCUT2D eigenvalue weighted by atomic mass is 9.85. The highest BCUT2D eigenvalue weighted by atomic mass is 32.2. The first-order chi connectivity index (χ1) is 10.8. The van der Waals surface area contributed by atoms with Crippen molar-refractivity contribution in [3.63, 3.8) is 0 Å². The number of hydrogen-bond donors (Lipinski definition) is 0. The molecule has 0 spiro atoms. The van der Waals surface area contributed by atoms with Crippen molar-refractivity contribution >= 4 is 15.9 Å². The van der Waals surface area contributed by atoms with Crippen molar-refractivity contribution in [2.45, 2.75) is 77.1 Å². The van der Waals surface area contributed by atoms with Gasteiger partial charge >= 0.3 is 0 Å². The van der Waals surface area contributed by atoms with E-state index in [4.69, 9.17) is 4.74 Å². The maximum absolute atomic E-state index is 12.5. The van der Waals surface area contributed by atoms with Crippen LogP contribution in [0.4, 0.5) is 0 Å². The maximum atomic E-state index is 12.5. The molecule has 1 aliphatic heterocycles. The van der Waals surface area contributed by atoms with Crippen LogP contribution in [0.1, 0.15) is 65.7 Å². The molecule has 0 N–H and O–H groups in total. The van der Waals surface area contributed by atoms with Gasteiger partial charge in [-0.3, -0.25) is 0 Å². The molecule has 4 rings (SSSR count). The van der Waals surface area contributed by atoms with Gasteiger partial charge in [0, 0.05) is 6.42 Å². The van der Waals surface area contributed by atoms with Gasteiger partial charge in [0.1, 0.15) is 11.4 Å². The summed E-state index contributed by atoms with van der Waals surface area (Å²) in [5.41, 5.74) is 0.519. The minimum Gasteiger partial charge on any atom is -0.475 e. The molecule has 0 bridgehead atoms. The molecule has 0 aromatic carbocycles. The van der Waals surface area contributed by atoms with E-state index in [0.29, 0.717) is 36.0 Å². The fourth-order valence-corrected chi connectivity index (χ4v) is 7.29. The second-order valence-corrected chi connectivity index (χ2v) is 10.5. The van der Waals surface area contributed by atoms with E-state index < -0.39 is 15.3 Å². The number of sulfonamides is 1. The summed E-state index contributed by atoms with van der Waals surface area (Å²) >= 11 is 0. The number of rotatable bonds is 3. The zero-order valence-corrected chi connectivity index (χ0v) is 15.3. The zero-order valence-electron chi connectivity index (χ0n) is 14.5. The van der Waals surface area contributed by atoms with Gasteiger partial charge in [-0.25, -0.2) is 8.42 Å². The molecular weight excluding hydrogens is 310 g/mol. The first kappa shape index (κ1) is 15.9. The SMILES string of the molecule is CC(C)[C@]12CC(CC3=NS(=O)(=O)C4CCCCC4O3)[C@H](C)[C@H]1C2. The summed E-state index contributed by atoms with van der Waals surface area (Å²) < 4.78 is 35.0. The highest BCUT2D eigenvalue weighted by molar-refractivity contribution is 7.91. The predicted octanol–water partition coefficient (Wildman–Crippen LogP) is 3.76. The number of ether oxygens (including phenoxy) is 1. The van der Waals surface area contributed by atoms with Crippen molar-refractivity contribution in [3.8, 4) is 0 Å². The van der Waals surface area contributed by atoms with Gasteiger partial charge in [0.15, 0.2) is 0 Å². The minimum absolute atomic E-state index is 0.147. The largest absolute Gasteiger partial charge is 0.475 e. The van der Waals surface area contributed by atoms with E-state index in [2.05, 4.69) is 25.2 Å². The van der Waals surface area contributed by atoms with Crippen LogP contribution in [0.2, 0.25) is 0 Å². The molecule has 0 amide bonds. The molecule has 3 unspecified atom stereocenters. The van der Waals surface area contributed by atoms with Crippen LogP contribution >= 0.6 is 0 Å². The van der Waals surface area contributed by atoms with E-state index in [-0.39, 0.29) is 6.10 Å². The predicted molar refractivity (Wildman–Crippen MR) is 90.7 cm³/mol. The molecule has 3 aliphatic carbocycles. The average molecular weight is 340 g/mol. The van der Waals surface area contributed by atoms with Gasteiger partial charge < -0.3 is 4.74 Å². The fraction of sp³-hybridized carbons (Fsp3) is 0.944. The quantitative estimate of drug-likeness (QED) is 0.786. The summed E-state index contributed by atoms with van der Waals surface area (Å²) in [5.74, 6) is 3.25. The Balaban J connectivity index is 1.50. The first-order valence-corrected chi connectivity index (χ1v) is 10.8. The van der Waals surface area contributed by atoms with Crippen LogP contribution < -0.4 is 0 Å². The Morgan fingerprint density at radius 2 is 2.00 bits per heavy atom. The Morgan fingerprint density at radius 1 is 1.26 bits per heavy atom. The molecule has 3 saturated carbocycles. The molecule has 0 saturated heterocycles. The molecule has 3 fully saturated rings. The molecule has 5 heteroatoms. The third kappa shape index (κ3) is 2.45. The van der Waals surface area contributed by atoms with Gasteiger partial charge in [0.2, 0.25) is 5.90 Å².